The van der Waals surface area contributed by atoms with Crippen LogP contribution in [0, 0.1) is 0 Å². The lowest BCUT2D eigenvalue weighted by Crippen LogP contribution is -1.55. The van der Waals surface area contributed by atoms with E-state index in [1.165, 1.54) is 6.42 Å². The van der Waals surface area contributed by atoms with Gasteiger partial charge in [-0.25, -0.2) is 0 Å². The summed E-state index contributed by atoms with van der Waals surface area (Å²) in [5, 5.41) is 0. The fraction of sp³-hybridized carbons (Fsp3) is 0.294. The molecule has 2 rings (SSSR count). The summed E-state index contributed by atoms with van der Waals surface area (Å²) >= 11 is 0. The Balaban J connectivity index is 0. The Bertz CT molecular complexity index is 205. The van der Waals surface area contributed by atoms with Gasteiger partial charge in [-0.05, 0) is 0 Å². The maximum absolute atomic E-state index is 4.25. The van der Waals surface area contributed by atoms with Crippen LogP contribution in [0.4, 0.5) is 0 Å². The summed E-state index contributed by atoms with van der Waals surface area (Å²) in [5.41, 5.74) is 0. The molecule has 0 saturated heterocycles. The van der Waals surface area contributed by atoms with Crippen molar-refractivity contribution in [2.45, 2.75) is 20.3 Å². The lowest BCUT2D eigenvalue weighted by Gasteiger charge is -1.69. The van der Waals surface area contributed by atoms with Gasteiger partial charge in [0.05, 0.1) is 0 Å². The predicted octanol–water partition coefficient (Wildman–Crippen LogP) is 5.05. The van der Waals surface area contributed by atoms with Gasteiger partial charge in [0.1, 0.15) is 0 Å². The Morgan fingerprint density at radius 2 is 0.556 bits per heavy atom. The first-order chi connectivity index (χ1) is 8.83. The Morgan fingerprint density at radius 1 is 0.500 bits per heavy atom. The van der Waals surface area contributed by atoms with Gasteiger partial charge in [0, 0.05) is 14.2 Å². The van der Waals surface area contributed by atoms with Crippen LogP contribution >= 0.6 is 0 Å². The van der Waals surface area contributed by atoms with Crippen molar-refractivity contribution < 1.29 is 4.74 Å². The second-order valence-corrected chi connectivity index (χ2v) is 3.42. The van der Waals surface area contributed by atoms with E-state index in [2.05, 4.69) is 18.6 Å². The summed E-state index contributed by atoms with van der Waals surface area (Å²) in [6, 6.07) is 24.0. The van der Waals surface area contributed by atoms with Gasteiger partial charge in [-0.1, -0.05) is 93.1 Å². The van der Waals surface area contributed by atoms with Crippen molar-refractivity contribution in [3.05, 3.63) is 72.8 Å². The SMILES string of the molecule is CCC.COC.c1ccccc1.c1ccccc1. The molecule has 0 radical (unpaired) electrons. The molecule has 0 saturated carbocycles. The van der Waals surface area contributed by atoms with Crippen molar-refractivity contribution in [2.24, 2.45) is 0 Å². The fourth-order valence-corrected chi connectivity index (χ4v) is 0.770. The fourth-order valence-electron chi connectivity index (χ4n) is 0.770. The lowest BCUT2D eigenvalue weighted by atomic mass is 10.4. The van der Waals surface area contributed by atoms with E-state index in [1.54, 1.807) is 14.2 Å². The minimum absolute atomic E-state index is 1.25. The third-order valence-electron chi connectivity index (χ3n) is 1.33. The van der Waals surface area contributed by atoms with Crippen molar-refractivity contribution >= 4 is 0 Å². The second kappa shape index (κ2) is 20.8. The summed E-state index contributed by atoms with van der Waals surface area (Å²) in [5.74, 6) is 0. The van der Waals surface area contributed by atoms with Crippen molar-refractivity contribution in [3.63, 3.8) is 0 Å². The molecule has 0 N–H and O–H groups in total. The van der Waals surface area contributed by atoms with Crippen molar-refractivity contribution in [1.29, 1.82) is 0 Å². The molecular formula is C17H26O. The number of methoxy groups -OCH3 is 1. The van der Waals surface area contributed by atoms with Gasteiger partial charge in [0.25, 0.3) is 0 Å². The van der Waals surface area contributed by atoms with E-state index < -0.39 is 0 Å². The topological polar surface area (TPSA) is 9.23 Å². The average molecular weight is 246 g/mol. The van der Waals surface area contributed by atoms with Crippen LogP contribution in [-0.2, 0) is 4.74 Å². The smallest absolute Gasteiger partial charge is 0.0351 e. The highest BCUT2D eigenvalue weighted by Gasteiger charge is 1.58. The monoisotopic (exact) mass is 246 g/mol. The van der Waals surface area contributed by atoms with Crippen LogP contribution in [0.25, 0.3) is 0 Å². The van der Waals surface area contributed by atoms with Gasteiger partial charge in [0.15, 0.2) is 0 Å². The number of ether oxygens (including phenoxy) is 1. The van der Waals surface area contributed by atoms with E-state index in [1.807, 2.05) is 72.8 Å². The van der Waals surface area contributed by atoms with Crippen molar-refractivity contribution in [2.75, 3.05) is 14.2 Å². The third-order valence-corrected chi connectivity index (χ3v) is 1.33. The Kier molecular flexibility index (Phi) is 21.6. The lowest BCUT2D eigenvalue weighted by molar-refractivity contribution is 0.277. The number of hydrogen-bond donors (Lipinski definition) is 0. The zero-order valence-corrected chi connectivity index (χ0v) is 12.0. The van der Waals surface area contributed by atoms with Crippen LogP contribution in [0.15, 0.2) is 72.8 Å². The number of rotatable bonds is 0. The van der Waals surface area contributed by atoms with E-state index in [4.69, 9.17) is 0 Å². The Morgan fingerprint density at radius 3 is 0.611 bits per heavy atom. The molecule has 0 atom stereocenters. The van der Waals surface area contributed by atoms with Crippen LogP contribution in [0.2, 0.25) is 0 Å². The van der Waals surface area contributed by atoms with E-state index in [0.29, 0.717) is 0 Å². The van der Waals surface area contributed by atoms with Gasteiger partial charge in [-0.15, -0.1) is 0 Å². The van der Waals surface area contributed by atoms with E-state index >= 15 is 0 Å². The molecule has 0 unspecified atom stereocenters. The minimum atomic E-state index is 1.25. The molecule has 100 valence electrons. The molecule has 2 aromatic carbocycles. The first-order valence-corrected chi connectivity index (χ1v) is 6.23. The third kappa shape index (κ3) is 23.9. The molecule has 0 aliphatic rings. The van der Waals surface area contributed by atoms with Crippen LogP contribution in [0.1, 0.15) is 20.3 Å². The second-order valence-electron chi connectivity index (χ2n) is 3.42. The molecule has 2 aromatic rings. The molecular weight excluding hydrogens is 220 g/mol. The average Bonchev–Trinajstić information content (AvgIpc) is 2.45. The van der Waals surface area contributed by atoms with E-state index in [9.17, 15) is 0 Å². The standard InChI is InChI=1S/2C6H6.C3H8.C2H6O/c2*1-2-4-6-5-3-1;2*1-3-2/h2*1-6H;3H2,1-2H3;1-2H3. The van der Waals surface area contributed by atoms with Gasteiger partial charge >= 0.3 is 0 Å². The van der Waals surface area contributed by atoms with Gasteiger partial charge in [-0.2, -0.15) is 0 Å². The normalized spacial score (nSPS) is 7.33. The molecule has 0 spiro atoms. The van der Waals surface area contributed by atoms with Crippen LogP contribution in [0.3, 0.4) is 0 Å². The highest BCUT2D eigenvalue weighted by molar-refractivity contribution is 4.99. The van der Waals surface area contributed by atoms with Gasteiger partial charge < -0.3 is 4.74 Å². The van der Waals surface area contributed by atoms with Gasteiger partial charge in [0.2, 0.25) is 0 Å². The molecule has 1 nitrogen and oxygen atoms in total. The van der Waals surface area contributed by atoms with E-state index in [-0.39, 0.29) is 0 Å². The number of hydrogen-bond acceptors (Lipinski definition) is 1. The highest BCUT2D eigenvalue weighted by atomic mass is 16.4. The van der Waals surface area contributed by atoms with Crippen LogP contribution < -0.4 is 0 Å². The zero-order valence-electron chi connectivity index (χ0n) is 12.0. The summed E-state index contributed by atoms with van der Waals surface area (Å²) in [4.78, 5) is 0. The minimum Gasteiger partial charge on any atom is -0.388 e. The quantitative estimate of drug-likeness (QED) is 0.632. The summed E-state index contributed by atoms with van der Waals surface area (Å²) in [7, 11) is 3.25. The molecule has 0 fully saturated rings. The largest absolute Gasteiger partial charge is 0.388 e. The van der Waals surface area contributed by atoms with Crippen molar-refractivity contribution in [3.8, 4) is 0 Å². The Labute approximate surface area is 112 Å². The first-order valence-electron chi connectivity index (χ1n) is 6.23. The van der Waals surface area contributed by atoms with Crippen LogP contribution in [0.5, 0.6) is 0 Å². The Hall–Kier alpha value is -1.60. The molecule has 1 heteroatoms. The molecule has 0 aromatic heterocycles. The highest BCUT2D eigenvalue weighted by Crippen LogP contribution is 1.80. The summed E-state index contributed by atoms with van der Waals surface area (Å²) in [6.07, 6.45) is 1.25. The number of benzene rings is 2. The molecule has 0 heterocycles. The summed E-state index contributed by atoms with van der Waals surface area (Å²) in [6.45, 7) is 4.25. The predicted molar refractivity (Wildman–Crippen MR) is 81.8 cm³/mol. The van der Waals surface area contributed by atoms with Crippen molar-refractivity contribution in [1.82, 2.24) is 0 Å². The first kappa shape index (κ1) is 18.8. The maximum atomic E-state index is 4.25. The summed E-state index contributed by atoms with van der Waals surface area (Å²) < 4.78 is 4.25. The zero-order chi connectivity index (χ0) is 13.9. The molecule has 0 bridgehead atoms. The van der Waals surface area contributed by atoms with Gasteiger partial charge in [-0.3, -0.25) is 0 Å². The van der Waals surface area contributed by atoms with Crippen LogP contribution in [-0.4, -0.2) is 14.2 Å². The van der Waals surface area contributed by atoms with E-state index in [0.717, 1.165) is 0 Å². The molecule has 0 aliphatic carbocycles. The molecule has 18 heavy (non-hydrogen) atoms. The maximum Gasteiger partial charge on any atom is 0.0351 e. The molecule has 0 aliphatic heterocycles. The molecule has 0 amide bonds.